The van der Waals surface area contributed by atoms with Crippen LogP contribution in [-0.4, -0.2) is 31.4 Å². The van der Waals surface area contributed by atoms with Crippen LogP contribution in [0.15, 0.2) is 36.4 Å². The summed E-state index contributed by atoms with van der Waals surface area (Å²) >= 11 is 0. The summed E-state index contributed by atoms with van der Waals surface area (Å²) in [4.78, 5) is 2.28. The molecule has 0 aliphatic carbocycles. The van der Waals surface area contributed by atoms with Crippen molar-refractivity contribution in [2.45, 2.75) is 13.1 Å². The zero-order valence-corrected chi connectivity index (χ0v) is 13.3. The van der Waals surface area contributed by atoms with Crippen LogP contribution >= 0.6 is 0 Å². The van der Waals surface area contributed by atoms with E-state index >= 15 is 0 Å². The Bertz CT molecular complexity index is 686. The van der Waals surface area contributed by atoms with Gasteiger partial charge in [0.2, 0.25) is 0 Å². The minimum absolute atomic E-state index is 0.246. The molecule has 0 amide bonds. The lowest BCUT2D eigenvalue weighted by Crippen LogP contribution is -2.36. The van der Waals surface area contributed by atoms with E-state index in [0.29, 0.717) is 12.1 Å². The number of ether oxygens (including phenoxy) is 1. The molecular weight excluding hydrogens is 314 g/mol. The highest BCUT2D eigenvalue weighted by molar-refractivity contribution is 5.48. The zero-order chi connectivity index (χ0) is 16.9. The van der Waals surface area contributed by atoms with E-state index in [-0.39, 0.29) is 12.3 Å². The maximum absolute atomic E-state index is 13.2. The second-order valence-electron chi connectivity index (χ2n) is 5.76. The van der Waals surface area contributed by atoms with Crippen LogP contribution in [0.5, 0.6) is 5.75 Å². The highest BCUT2D eigenvalue weighted by Gasteiger charge is 2.11. The van der Waals surface area contributed by atoms with Crippen molar-refractivity contribution in [3.8, 4) is 5.75 Å². The molecular formula is C18H20F2N2O2. The van der Waals surface area contributed by atoms with Crippen molar-refractivity contribution in [2.24, 2.45) is 0 Å². The molecule has 2 aromatic carbocycles. The predicted octanol–water partition coefficient (Wildman–Crippen LogP) is 2.80. The molecule has 1 aliphatic heterocycles. The first kappa shape index (κ1) is 16.7. The number of aromatic hydroxyl groups is 1. The van der Waals surface area contributed by atoms with Gasteiger partial charge in [0.15, 0.2) is 11.6 Å². The van der Waals surface area contributed by atoms with Crippen LogP contribution < -0.4 is 10.2 Å². The molecule has 1 saturated heterocycles. The molecule has 1 heterocycles. The maximum Gasteiger partial charge on any atom is 0.162 e. The van der Waals surface area contributed by atoms with Crippen LogP contribution in [0.1, 0.15) is 11.1 Å². The number of morpholine rings is 1. The smallest absolute Gasteiger partial charge is 0.162 e. The van der Waals surface area contributed by atoms with Gasteiger partial charge in [0, 0.05) is 43.5 Å². The molecule has 0 atom stereocenters. The Balaban J connectivity index is 1.54. The molecule has 3 rings (SSSR count). The van der Waals surface area contributed by atoms with E-state index in [2.05, 4.69) is 22.3 Å². The number of halogens is 2. The normalized spacial score (nSPS) is 14.8. The quantitative estimate of drug-likeness (QED) is 0.883. The fourth-order valence-corrected chi connectivity index (χ4v) is 2.71. The zero-order valence-electron chi connectivity index (χ0n) is 13.3. The van der Waals surface area contributed by atoms with E-state index in [1.165, 1.54) is 5.69 Å². The molecule has 0 unspecified atom stereocenters. The Labute approximate surface area is 139 Å². The summed E-state index contributed by atoms with van der Waals surface area (Å²) in [6.45, 7) is 4.12. The van der Waals surface area contributed by atoms with Crippen LogP contribution in [-0.2, 0) is 17.8 Å². The second-order valence-corrected chi connectivity index (χ2v) is 5.76. The van der Waals surface area contributed by atoms with E-state index < -0.39 is 11.6 Å². The van der Waals surface area contributed by atoms with E-state index in [1.807, 2.05) is 12.1 Å². The molecule has 1 fully saturated rings. The van der Waals surface area contributed by atoms with Gasteiger partial charge >= 0.3 is 0 Å². The first-order valence-corrected chi connectivity index (χ1v) is 7.93. The lowest BCUT2D eigenvalue weighted by molar-refractivity contribution is 0.122. The van der Waals surface area contributed by atoms with Crippen molar-refractivity contribution < 1.29 is 18.6 Å². The molecule has 24 heavy (non-hydrogen) atoms. The molecule has 4 nitrogen and oxygen atoms in total. The lowest BCUT2D eigenvalue weighted by atomic mass is 10.1. The molecule has 128 valence electrons. The van der Waals surface area contributed by atoms with Gasteiger partial charge in [-0.2, -0.15) is 0 Å². The van der Waals surface area contributed by atoms with E-state index in [1.54, 1.807) is 0 Å². The number of hydrogen-bond acceptors (Lipinski definition) is 4. The fraction of sp³-hybridized carbons (Fsp3) is 0.333. The highest BCUT2D eigenvalue weighted by Crippen LogP contribution is 2.21. The van der Waals surface area contributed by atoms with Gasteiger partial charge in [-0.15, -0.1) is 0 Å². The van der Waals surface area contributed by atoms with Crippen molar-refractivity contribution in [1.82, 2.24) is 5.32 Å². The standard InChI is InChI=1S/C18H20F2N2O2/c19-16-9-14(18(23)10-17(16)20)12-21-11-13-1-3-15(4-2-13)22-5-7-24-8-6-22/h1-4,9-10,21,23H,5-8,11-12H2. The molecule has 2 aromatic rings. The Morgan fingerprint density at radius 2 is 1.67 bits per heavy atom. The van der Waals surface area contributed by atoms with Gasteiger partial charge in [-0.25, -0.2) is 8.78 Å². The highest BCUT2D eigenvalue weighted by atomic mass is 19.2. The van der Waals surface area contributed by atoms with Gasteiger partial charge < -0.3 is 20.1 Å². The summed E-state index contributed by atoms with van der Waals surface area (Å²) in [5, 5.41) is 12.8. The number of benzene rings is 2. The van der Waals surface area contributed by atoms with Gasteiger partial charge in [0.05, 0.1) is 13.2 Å². The van der Waals surface area contributed by atoms with Gasteiger partial charge in [-0.1, -0.05) is 12.1 Å². The van der Waals surface area contributed by atoms with Gasteiger partial charge in [-0.3, -0.25) is 0 Å². The van der Waals surface area contributed by atoms with Gasteiger partial charge in [-0.05, 0) is 23.8 Å². The fourth-order valence-electron chi connectivity index (χ4n) is 2.71. The largest absolute Gasteiger partial charge is 0.508 e. The lowest BCUT2D eigenvalue weighted by Gasteiger charge is -2.28. The number of nitrogens with zero attached hydrogens (tertiary/aromatic N) is 1. The molecule has 2 N–H and O–H groups in total. The summed E-state index contributed by atoms with van der Waals surface area (Å²) in [6.07, 6.45) is 0. The summed E-state index contributed by atoms with van der Waals surface area (Å²) < 4.78 is 31.5. The first-order valence-electron chi connectivity index (χ1n) is 7.93. The molecule has 1 aliphatic rings. The second kappa shape index (κ2) is 7.59. The minimum atomic E-state index is -1.05. The molecule has 6 heteroatoms. The molecule has 0 spiro atoms. The van der Waals surface area contributed by atoms with Crippen LogP contribution in [0.25, 0.3) is 0 Å². The van der Waals surface area contributed by atoms with Gasteiger partial charge in [0.1, 0.15) is 5.75 Å². The Morgan fingerprint density at radius 3 is 2.38 bits per heavy atom. The van der Waals surface area contributed by atoms with Crippen LogP contribution in [0.3, 0.4) is 0 Å². The third-order valence-corrected chi connectivity index (χ3v) is 4.08. The molecule has 0 bridgehead atoms. The average molecular weight is 334 g/mol. The first-order chi connectivity index (χ1) is 11.6. The van der Waals surface area contributed by atoms with E-state index in [0.717, 1.165) is 44.0 Å². The summed E-state index contributed by atoms with van der Waals surface area (Å²) in [6, 6.07) is 10.0. The molecule has 0 aromatic heterocycles. The minimum Gasteiger partial charge on any atom is -0.508 e. The Morgan fingerprint density at radius 1 is 1.00 bits per heavy atom. The number of hydrogen-bond donors (Lipinski definition) is 2. The third kappa shape index (κ3) is 4.01. The van der Waals surface area contributed by atoms with E-state index in [9.17, 15) is 13.9 Å². The number of phenolic OH excluding ortho intramolecular Hbond substituents is 1. The monoisotopic (exact) mass is 334 g/mol. The van der Waals surface area contributed by atoms with Crippen LogP contribution in [0.2, 0.25) is 0 Å². The van der Waals surface area contributed by atoms with Crippen molar-refractivity contribution in [3.05, 3.63) is 59.2 Å². The van der Waals surface area contributed by atoms with Crippen LogP contribution in [0, 0.1) is 11.6 Å². The number of nitrogens with one attached hydrogen (secondary N) is 1. The molecule has 0 radical (unpaired) electrons. The topological polar surface area (TPSA) is 44.7 Å². The predicted molar refractivity (Wildman–Crippen MR) is 88.0 cm³/mol. The van der Waals surface area contributed by atoms with Crippen molar-refractivity contribution in [2.75, 3.05) is 31.2 Å². The van der Waals surface area contributed by atoms with Crippen molar-refractivity contribution in [3.63, 3.8) is 0 Å². The number of phenols is 1. The number of anilines is 1. The van der Waals surface area contributed by atoms with Crippen molar-refractivity contribution in [1.29, 1.82) is 0 Å². The Kier molecular flexibility index (Phi) is 5.27. The van der Waals surface area contributed by atoms with Gasteiger partial charge in [0.25, 0.3) is 0 Å². The number of rotatable bonds is 5. The van der Waals surface area contributed by atoms with Crippen LogP contribution in [0.4, 0.5) is 14.5 Å². The maximum atomic E-state index is 13.2. The van der Waals surface area contributed by atoms with Crippen molar-refractivity contribution >= 4 is 5.69 Å². The third-order valence-electron chi connectivity index (χ3n) is 4.08. The van der Waals surface area contributed by atoms with E-state index in [4.69, 9.17) is 4.74 Å². The summed E-state index contributed by atoms with van der Waals surface area (Å²) in [5.41, 5.74) is 2.58. The summed E-state index contributed by atoms with van der Waals surface area (Å²) in [7, 11) is 0. The summed E-state index contributed by atoms with van der Waals surface area (Å²) in [5.74, 6) is -2.25. The molecule has 0 saturated carbocycles. The SMILES string of the molecule is Oc1cc(F)c(F)cc1CNCc1ccc(N2CCOCC2)cc1. The average Bonchev–Trinajstić information content (AvgIpc) is 2.61. The Hall–Kier alpha value is -2.18.